The summed E-state index contributed by atoms with van der Waals surface area (Å²) in [5, 5.41) is -10.9. The number of carbonyl (C=O) groups excluding carboxylic acids is 1. The van der Waals surface area contributed by atoms with E-state index in [-0.39, 0.29) is 11.8 Å². The quantitative estimate of drug-likeness (QED) is 0.131. The van der Waals surface area contributed by atoms with E-state index in [1.165, 1.54) is 6.92 Å². The highest BCUT2D eigenvalue weighted by molar-refractivity contribution is 9.12. The molecule has 1 atom stereocenters. The Bertz CT molecular complexity index is 418. The normalized spacial score (nSPS) is 14.7. The highest BCUT2D eigenvalue weighted by Gasteiger charge is 2.76. The average molecular weight is 520 g/mol. The molecule has 0 saturated heterocycles. The van der Waals surface area contributed by atoms with Gasteiger partial charge in [-0.05, 0) is 12.8 Å². The lowest BCUT2D eigenvalue weighted by molar-refractivity contribution is -0.540. The van der Waals surface area contributed by atoms with Crippen molar-refractivity contribution in [1.82, 2.24) is 21.4 Å². The van der Waals surface area contributed by atoms with Crippen molar-refractivity contribution in [3.63, 3.8) is 0 Å². The molecule has 0 heterocycles. The second-order valence-electron chi connectivity index (χ2n) is 4.50. The lowest BCUT2D eigenvalue weighted by Crippen LogP contribution is -2.75. The summed E-state index contributed by atoms with van der Waals surface area (Å²) in [5.41, 5.74) is -4.70. The number of rotatable bonds is 11. The second-order valence-corrected chi connectivity index (χ2v) is 6.26. The van der Waals surface area contributed by atoms with Crippen molar-refractivity contribution in [3.8, 4) is 0 Å². The smallest absolute Gasteiger partial charge is 0.378 e. The molecule has 16 heteroatoms. The van der Waals surface area contributed by atoms with E-state index in [0.29, 0.717) is 0 Å². The second kappa shape index (κ2) is 10.1. The molecule has 0 aromatic heterocycles. The molecular weight excluding hydrogens is 508 g/mol. The Labute approximate surface area is 153 Å². The van der Waals surface area contributed by atoms with Crippen molar-refractivity contribution in [2.75, 3.05) is 5.33 Å². The number of carbonyl (C=O) groups is 1. The number of unbranched alkanes of at least 4 members (excludes halogenated alkanes) is 1. The molecular formula is C9H12Br2F8N4O2. The van der Waals surface area contributed by atoms with Crippen LogP contribution < -0.4 is 0 Å². The summed E-state index contributed by atoms with van der Waals surface area (Å²) in [4.78, 5) is 10.1. The first kappa shape index (κ1) is 24.7. The Morgan fingerprint density at radius 1 is 1.00 bits per heavy atom. The van der Waals surface area contributed by atoms with Gasteiger partial charge in [-0.3, -0.25) is 4.79 Å². The number of halogens is 10. The van der Waals surface area contributed by atoms with Crippen molar-refractivity contribution in [2.24, 2.45) is 0 Å². The van der Waals surface area contributed by atoms with Gasteiger partial charge in [0.1, 0.15) is 4.83 Å². The van der Waals surface area contributed by atoms with E-state index >= 15 is 0 Å². The number of alkyl halides is 2. The zero-order valence-electron chi connectivity index (χ0n) is 12.3. The third-order valence-corrected chi connectivity index (χ3v) is 5.27. The molecule has 0 aliphatic rings. The number of ether oxygens (including phenoxy) is 1. The third kappa shape index (κ3) is 4.71. The first-order valence-electron chi connectivity index (χ1n) is 6.35. The van der Waals surface area contributed by atoms with Crippen molar-refractivity contribution in [2.45, 2.75) is 42.5 Å². The van der Waals surface area contributed by atoms with Gasteiger partial charge >= 0.3 is 11.8 Å². The Balaban J connectivity index is 6.49. The average Bonchev–Trinajstić information content (AvgIpc) is 2.51. The molecule has 1 unspecified atom stereocenters. The van der Waals surface area contributed by atoms with Gasteiger partial charge in [-0.25, -0.2) is 0 Å². The Morgan fingerprint density at radius 3 is 1.72 bits per heavy atom. The summed E-state index contributed by atoms with van der Waals surface area (Å²) in [6.07, 6.45) is -2.30. The summed E-state index contributed by atoms with van der Waals surface area (Å²) in [5.74, 6) is -7.05. The molecule has 0 rings (SSSR count). The van der Waals surface area contributed by atoms with Crippen molar-refractivity contribution in [1.29, 1.82) is 0 Å². The Kier molecular flexibility index (Phi) is 10.0. The van der Waals surface area contributed by atoms with E-state index in [1.54, 1.807) is 0 Å². The maximum Gasteiger partial charge on any atom is 0.378 e. The molecule has 0 aliphatic carbocycles. The van der Waals surface area contributed by atoms with E-state index in [9.17, 15) is 40.6 Å². The van der Waals surface area contributed by atoms with E-state index in [2.05, 4.69) is 36.6 Å². The molecule has 0 N–H and O–H groups in total. The molecule has 0 radical (unpaired) electrons. The van der Waals surface area contributed by atoms with Gasteiger partial charge in [0.05, 0.1) is 21.4 Å². The topological polar surface area (TPSA) is 39.3 Å². The van der Waals surface area contributed by atoms with Crippen LogP contribution in [0.2, 0.25) is 0 Å². The van der Waals surface area contributed by atoms with Crippen LogP contribution >= 0.6 is 31.9 Å². The number of nitrogens with zero attached hydrogens (tertiary/aromatic N) is 4. The van der Waals surface area contributed by atoms with Crippen LogP contribution in [0.15, 0.2) is 0 Å². The van der Waals surface area contributed by atoms with Crippen molar-refractivity contribution in [3.05, 3.63) is 0 Å². The predicted octanol–water partition coefficient (Wildman–Crippen LogP) is 4.51. The van der Waals surface area contributed by atoms with Crippen LogP contribution in [0.4, 0.5) is 35.9 Å². The molecule has 0 spiro atoms. The zero-order chi connectivity index (χ0) is 20.0. The van der Waals surface area contributed by atoms with E-state index < -0.39 is 56.5 Å². The van der Waals surface area contributed by atoms with Gasteiger partial charge in [0.25, 0.3) is 5.66 Å². The monoisotopic (exact) mass is 518 g/mol. The van der Waals surface area contributed by atoms with Crippen LogP contribution in [0.1, 0.15) is 26.2 Å². The molecule has 0 aromatic carbocycles. The van der Waals surface area contributed by atoms with E-state index in [1.807, 2.05) is 0 Å². The fraction of sp³-hybridized carbons (Fsp3) is 0.889. The van der Waals surface area contributed by atoms with Gasteiger partial charge < -0.3 is 4.74 Å². The summed E-state index contributed by atoms with van der Waals surface area (Å²) < 4.78 is 110. The summed E-state index contributed by atoms with van der Waals surface area (Å²) in [6.45, 7) is 1.31. The minimum absolute atomic E-state index is 0.0902. The van der Waals surface area contributed by atoms with Crippen LogP contribution in [0.25, 0.3) is 0 Å². The van der Waals surface area contributed by atoms with Crippen LogP contribution in [-0.2, 0) is 9.53 Å². The van der Waals surface area contributed by atoms with E-state index in [4.69, 9.17) is 0 Å². The summed E-state index contributed by atoms with van der Waals surface area (Å²) in [6, 6.07) is 0. The molecule has 6 nitrogen and oxygen atoms in total. The number of esters is 1. The standard InChI is InChI=1S/C9H12Br2F8N4O2/c1-2-3-4-8(20(12)13,21(14)15)9(22(16)17,23(18)19)25-7(24)6(11)5-10/h6H,2-5H2,1H3. The molecule has 0 saturated carbocycles. The van der Waals surface area contributed by atoms with Gasteiger partial charge in [0.15, 0.2) is 0 Å². The highest BCUT2D eigenvalue weighted by Crippen LogP contribution is 2.47. The van der Waals surface area contributed by atoms with Crippen LogP contribution in [0, 0.1) is 0 Å². The third-order valence-electron chi connectivity index (χ3n) is 3.05. The van der Waals surface area contributed by atoms with E-state index in [0.717, 1.165) is 0 Å². The minimum atomic E-state index is -5.14. The van der Waals surface area contributed by atoms with Crippen molar-refractivity contribution >= 4 is 37.8 Å². The molecule has 0 aromatic rings. The lowest BCUT2D eigenvalue weighted by Gasteiger charge is -2.45. The molecule has 0 fully saturated rings. The van der Waals surface area contributed by atoms with Gasteiger partial charge in [-0.1, -0.05) is 81.1 Å². The number of hydrogen-bond acceptors (Lipinski definition) is 6. The maximum atomic E-state index is 13.3. The molecule has 150 valence electrons. The van der Waals surface area contributed by atoms with Crippen LogP contribution in [0.5, 0.6) is 0 Å². The van der Waals surface area contributed by atoms with Gasteiger partial charge in [0.2, 0.25) is 0 Å². The summed E-state index contributed by atoms with van der Waals surface area (Å²) >= 11 is 5.22. The minimum Gasteiger partial charge on any atom is -0.416 e. The maximum absolute atomic E-state index is 13.3. The van der Waals surface area contributed by atoms with Gasteiger partial charge in [0, 0.05) is 5.33 Å². The van der Waals surface area contributed by atoms with Crippen LogP contribution in [-0.4, -0.2) is 49.0 Å². The fourth-order valence-electron chi connectivity index (χ4n) is 1.78. The first-order chi connectivity index (χ1) is 11.4. The first-order valence-corrected chi connectivity index (χ1v) is 8.39. The zero-order valence-corrected chi connectivity index (χ0v) is 15.5. The number of hydrogen-bond donors (Lipinski definition) is 0. The predicted molar refractivity (Wildman–Crippen MR) is 73.8 cm³/mol. The summed E-state index contributed by atoms with van der Waals surface area (Å²) in [7, 11) is 0. The van der Waals surface area contributed by atoms with Crippen LogP contribution in [0.3, 0.4) is 0 Å². The lowest BCUT2D eigenvalue weighted by atomic mass is 9.97. The molecule has 0 bridgehead atoms. The SMILES string of the molecule is CCCCC(N(F)F)(N(F)F)C(OC(=O)C(Br)CBr)(N(F)F)N(F)F. The largest absolute Gasteiger partial charge is 0.416 e. The van der Waals surface area contributed by atoms with Gasteiger partial charge in [-0.15, -0.1) is 0 Å². The Hall–Kier alpha value is -0.290. The molecule has 0 amide bonds. The molecule has 0 aliphatic heterocycles. The highest BCUT2D eigenvalue weighted by atomic mass is 79.9. The van der Waals surface area contributed by atoms with Gasteiger partial charge in [-0.2, -0.15) is 0 Å². The molecule has 25 heavy (non-hydrogen) atoms. The Morgan fingerprint density at radius 2 is 1.44 bits per heavy atom. The fourth-order valence-corrected chi connectivity index (χ4v) is 2.14. The van der Waals surface area contributed by atoms with Crippen molar-refractivity contribution < 1.29 is 45.4 Å².